The molecule has 1 aromatic carbocycles. The normalized spacial score (nSPS) is 14.5. The van der Waals surface area contributed by atoms with Crippen molar-refractivity contribution in [2.24, 2.45) is 5.92 Å². The average molecular weight is 340 g/mol. The molecule has 120 valence electrons. The van der Waals surface area contributed by atoms with Crippen LogP contribution in [-0.4, -0.2) is 29.8 Å². The molecular weight excluding hydrogens is 329 g/mol. The van der Waals surface area contributed by atoms with Crippen LogP contribution < -0.4 is 5.32 Å². The van der Waals surface area contributed by atoms with Crippen LogP contribution in [0.5, 0.6) is 0 Å². The third kappa shape index (κ3) is 2.94. The topological polar surface area (TPSA) is 49.4 Å². The molecule has 1 aliphatic rings. The van der Waals surface area contributed by atoms with E-state index in [1.165, 1.54) is 16.2 Å². The van der Waals surface area contributed by atoms with Crippen molar-refractivity contribution in [2.45, 2.75) is 0 Å². The molecule has 1 saturated heterocycles. The number of thiophene rings is 1. The smallest absolute Gasteiger partial charge is 0.263 e. The fraction of sp³-hybridized carbons (Fsp3) is 0.200. The molecule has 4 nitrogen and oxygen atoms in total. The first-order chi connectivity index (χ1) is 11.0. The van der Waals surface area contributed by atoms with Crippen molar-refractivity contribution < 1.29 is 22.8 Å². The number of anilines is 1. The number of benzene rings is 1. The van der Waals surface area contributed by atoms with E-state index in [2.05, 4.69) is 5.32 Å². The third-order valence-corrected chi connectivity index (χ3v) is 4.42. The number of nitrogens with zero attached hydrogens (tertiary/aromatic N) is 1. The van der Waals surface area contributed by atoms with E-state index in [-0.39, 0.29) is 19.0 Å². The van der Waals surface area contributed by atoms with Crippen molar-refractivity contribution in [3.8, 4) is 0 Å². The van der Waals surface area contributed by atoms with Gasteiger partial charge in [0.1, 0.15) is 0 Å². The van der Waals surface area contributed by atoms with Crippen LogP contribution in [0.25, 0.3) is 0 Å². The fourth-order valence-corrected chi connectivity index (χ4v) is 2.91. The molecule has 0 radical (unpaired) electrons. The summed E-state index contributed by atoms with van der Waals surface area (Å²) < 4.78 is 39.5. The van der Waals surface area contributed by atoms with Crippen molar-refractivity contribution in [2.75, 3.05) is 18.4 Å². The predicted octanol–water partition coefficient (Wildman–Crippen LogP) is 2.88. The second-order valence-electron chi connectivity index (χ2n) is 5.10. The van der Waals surface area contributed by atoms with Crippen LogP contribution in [0.3, 0.4) is 0 Å². The van der Waals surface area contributed by atoms with Gasteiger partial charge in [0.25, 0.3) is 5.91 Å². The SMILES string of the molecule is O=C(Nc1ccc(F)c(F)c1F)C1CN(C(=O)c2cccs2)C1. The maximum absolute atomic E-state index is 13.5. The minimum Gasteiger partial charge on any atom is -0.336 e. The molecule has 0 atom stereocenters. The van der Waals surface area contributed by atoms with Gasteiger partial charge < -0.3 is 10.2 Å². The summed E-state index contributed by atoms with van der Waals surface area (Å²) in [5, 5.41) is 4.00. The monoisotopic (exact) mass is 340 g/mol. The second kappa shape index (κ2) is 6.04. The van der Waals surface area contributed by atoms with Crippen LogP contribution >= 0.6 is 11.3 Å². The quantitative estimate of drug-likeness (QED) is 0.874. The summed E-state index contributed by atoms with van der Waals surface area (Å²) in [5.41, 5.74) is -0.420. The lowest BCUT2D eigenvalue weighted by atomic mass is 9.98. The van der Waals surface area contributed by atoms with Crippen LogP contribution in [0.2, 0.25) is 0 Å². The number of likely N-dealkylation sites (tertiary alicyclic amines) is 1. The molecule has 2 amide bonds. The van der Waals surface area contributed by atoms with Crippen LogP contribution in [0.4, 0.5) is 18.9 Å². The van der Waals surface area contributed by atoms with Gasteiger partial charge in [-0.25, -0.2) is 13.2 Å². The lowest BCUT2D eigenvalue weighted by molar-refractivity contribution is -0.123. The van der Waals surface area contributed by atoms with Gasteiger partial charge >= 0.3 is 0 Å². The molecular formula is C15H11F3N2O2S. The largest absolute Gasteiger partial charge is 0.336 e. The van der Waals surface area contributed by atoms with Gasteiger partial charge in [-0.05, 0) is 23.6 Å². The minimum absolute atomic E-state index is 0.164. The average Bonchev–Trinajstić information content (AvgIpc) is 3.00. The number of halogens is 3. The molecule has 0 spiro atoms. The number of rotatable bonds is 3. The summed E-state index contributed by atoms with van der Waals surface area (Å²) in [5.74, 6) is -5.61. The fourth-order valence-electron chi connectivity index (χ4n) is 2.22. The Morgan fingerprint density at radius 2 is 1.87 bits per heavy atom. The number of hydrogen-bond acceptors (Lipinski definition) is 3. The van der Waals surface area contributed by atoms with E-state index in [1.807, 2.05) is 0 Å². The zero-order valence-corrected chi connectivity index (χ0v) is 12.5. The molecule has 2 aromatic rings. The Balaban J connectivity index is 1.59. The number of carbonyl (C=O) groups excluding carboxylic acids is 2. The first kappa shape index (κ1) is 15.5. The van der Waals surface area contributed by atoms with Crippen molar-refractivity contribution in [3.05, 3.63) is 52.0 Å². The van der Waals surface area contributed by atoms with Gasteiger partial charge in [-0.1, -0.05) is 6.07 Å². The molecule has 0 bridgehead atoms. The molecule has 1 N–H and O–H groups in total. The summed E-state index contributed by atoms with van der Waals surface area (Å²) >= 11 is 1.31. The lowest BCUT2D eigenvalue weighted by Crippen LogP contribution is -2.54. The van der Waals surface area contributed by atoms with Gasteiger partial charge in [-0.2, -0.15) is 0 Å². The standard InChI is InChI=1S/C15H11F3N2O2S/c16-9-3-4-10(13(18)12(9)17)19-14(21)8-6-20(7-8)15(22)11-2-1-5-23-11/h1-5,8H,6-7H2,(H,19,21). The van der Waals surface area contributed by atoms with E-state index in [9.17, 15) is 22.8 Å². The molecule has 0 saturated carbocycles. The third-order valence-electron chi connectivity index (χ3n) is 3.56. The van der Waals surface area contributed by atoms with Crippen LogP contribution in [0, 0.1) is 23.4 Å². The van der Waals surface area contributed by atoms with E-state index in [0.29, 0.717) is 4.88 Å². The van der Waals surface area contributed by atoms with E-state index in [1.54, 1.807) is 17.5 Å². The Hall–Kier alpha value is -2.35. The highest BCUT2D eigenvalue weighted by atomic mass is 32.1. The zero-order valence-electron chi connectivity index (χ0n) is 11.7. The van der Waals surface area contributed by atoms with Gasteiger partial charge in [0.2, 0.25) is 5.91 Å². The first-order valence-electron chi connectivity index (χ1n) is 6.74. The van der Waals surface area contributed by atoms with Crippen molar-refractivity contribution in [1.82, 2.24) is 4.90 Å². The van der Waals surface area contributed by atoms with Gasteiger partial charge in [0.15, 0.2) is 17.5 Å². The first-order valence-corrected chi connectivity index (χ1v) is 7.62. The number of hydrogen-bond donors (Lipinski definition) is 1. The van der Waals surface area contributed by atoms with Gasteiger partial charge in [-0.15, -0.1) is 11.3 Å². The highest BCUT2D eigenvalue weighted by Gasteiger charge is 2.36. The molecule has 0 unspecified atom stereocenters. The predicted molar refractivity (Wildman–Crippen MR) is 78.7 cm³/mol. The van der Waals surface area contributed by atoms with Crippen molar-refractivity contribution in [1.29, 1.82) is 0 Å². The Kier molecular flexibility index (Phi) is 4.08. The minimum atomic E-state index is -1.63. The highest BCUT2D eigenvalue weighted by molar-refractivity contribution is 7.12. The molecule has 2 heterocycles. The van der Waals surface area contributed by atoms with Crippen molar-refractivity contribution in [3.63, 3.8) is 0 Å². The number of carbonyl (C=O) groups is 2. The van der Waals surface area contributed by atoms with Crippen molar-refractivity contribution >= 4 is 28.8 Å². The summed E-state index contributed by atoms with van der Waals surface area (Å²) in [6.45, 7) is 0.404. The molecule has 1 aliphatic heterocycles. The summed E-state index contributed by atoms with van der Waals surface area (Å²) in [6, 6.07) is 5.14. The molecule has 1 fully saturated rings. The summed E-state index contributed by atoms with van der Waals surface area (Å²) in [4.78, 5) is 26.0. The molecule has 23 heavy (non-hydrogen) atoms. The van der Waals surface area contributed by atoms with E-state index < -0.39 is 35.0 Å². The van der Waals surface area contributed by atoms with Gasteiger partial charge in [0.05, 0.1) is 16.5 Å². The Labute approximate surface area is 133 Å². The van der Waals surface area contributed by atoms with Gasteiger partial charge in [0, 0.05) is 13.1 Å². The molecule has 3 rings (SSSR count). The second-order valence-corrected chi connectivity index (χ2v) is 6.04. The van der Waals surface area contributed by atoms with Crippen LogP contribution in [0.15, 0.2) is 29.6 Å². The lowest BCUT2D eigenvalue weighted by Gasteiger charge is -2.37. The molecule has 8 heteroatoms. The summed E-state index contributed by atoms with van der Waals surface area (Å²) in [6.07, 6.45) is 0. The molecule has 1 aromatic heterocycles. The van der Waals surface area contributed by atoms with E-state index in [4.69, 9.17) is 0 Å². The van der Waals surface area contributed by atoms with Crippen LogP contribution in [0.1, 0.15) is 9.67 Å². The van der Waals surface area contributed by atoms with E-state index >= 15 is 0 Å². The maximum atomic E-state index is 13.5. The Morgan fingerprint density at radius 3 is 2.52 bits per heavy atom. The number of nitrogens with one attached hydrogen (secondary N) is 1. The summed E-state index contributed by atoms with van der Waals surface area (Å²) in [7, 11) is 0. The number of amides is 2. The van der Waals surface area contributed by atoms with Gasteiger partial charge in [-0.3, -0.25) is 9.59 Å². The maximum Gasteiger partial charge on any atom is 0.263 e. The van der Waals surface area contributed by atoms with Crippen LogP contribution in [-0.2, 0) is 4.79 Å². The highest BCUT2D eigenvalue weighted by Crippen LogP contribution is 2.24. The van der Waals surface area contributed by atoms with E-state index in [0.717, 1.165) is 12.1 Å². The molecule has 0 aliphatic carbocycles. The Bertz CT molecular complexity index is 758. The zero-order chi connectivity index (χ0) is 16.6. The Morgan fingerprint density at radius 1 is 1.13 bits per heavy atom.